The van der Waals surface area contributed by atoms with Gasteiger partial charge in [-0.05, 0) is 18.2 Å². The molecule has 0 spiro atoms. The first-order chi connectivity index (χ1) is 9.79. The van der Waals surface area contributed by atoms with E-state index in [1.165, 1.54) is 25.3 Å². The van der Waals surface area contributed by atoms with E-state index >= 15 is 0 Å². The molecule has 0 aliphatic heterocycles. The quantitative estimate of drug-likeness (QED) is 0.872. The molecule has 1 aromatic carbocycles. The highest BCUT2D eigenvalue weighted by Crippen LogP contribution is 2.36. The Bertz CT molecular complexity index is 663. The molecule has 0 aliphatic rings. The second-order valence-corrected chi connectivity index (χ2v) is 4.83. The zero-order chi connectivity index (χ0) is 15.6. The maximum absolute atomic E-state index is 12.8. The second kappa shape index (κ2) is 5.76. The smallest absolute Gasteiger partial charge is 0.417 e. The number of alkyl halides is 3. The van der Waals surface area contributed by atoms with Crippen molar-refractivity contribution >= 4 is 33.4 Å². The zero-order valence-electron chi connectivity index (χ0n) is 10.7. The minimum Gasteiger partial charge on any atom is -0.481 e. The molecule has 2 aromatic rings. The van der Waals surface area contributed by atoms with E-state index in [9.17, 15) is 13.2 Å². The molecule has 0 saturated carbocycles. The van der Waals surface area contributed by atoms with Crippen LogP contribution in [0.5, 0.6) is 5.88 Å². The fourth-order valence-electron chi connectivity index (χ4n) is 1.58. The Morgan fingerprint density at radius 3 is 2.57 bits per heavy atom. The highest BCUT2D eigenvalue weighted by Gasteiger charge is 2.33. The molecule has 112 valence electrons. The van der Waals surface area contributed by atoms with Crippen LogP contribution in [-0.4, -0.2) is 17.1 Å². The van der Waals surface area contributed by atoms with Gasteiger partial charge in [-0.25, -0.2) is 0 Å². The van der Waals surface area contributed by atoms with E-state index in [0.29, 0.717) is 0 Å². The Kier molecular flexibility index (Phi) is 4.21. The largest absolute Gasteiger partial charge is 0.481 e. The van der Waals surface area contributed by atoms with E-state index in [2.05, 4.69) is 31.2 Å². The summed E-state index contributed by atoms with van der Waals surface area (Å²) in [5.41, 5.74) is 4.91. The van der Waals surface area contributed by atoms with E-state index in [1.807, 2.05) is 0 Å². The fraction of sp³-hybridized carbons (Fsp3) is 0.167. The van der Waals surface area contributed by atoms with Crippen LogP contribution in [0, 0.1) is 0 Å². The first kappa shape index (κ1) is 15.4. The van der Waals surface area contributed by atoms with Crippen LogP contribution in [0.1, 0.15) is 5.56 Å². The lowest BCUT2D eigenvalue weighted by molar-refractivity contribution is -0.138. The van der Waals surface area contributed by atoms with E-state index in [0.717, 1.165) is 6.07 Å². The van der Waals surface area contributed by atoms with E-state index < -0.39 is 11.7 Å². The third-order valence-electron chi connectivity index (χ3n) is 2.47. The van der Waals surface area contributed by atoms with Gasteiger partial charge in [0.25, 0.3) is 0 Å². The number of nitrogens with two attached hydrogens (primary N) is 1. The molecule has 0 amide bonds. The minimum absolute atomic E-state index is 0.0414. The second-order valence-electron chi connectivity index (χ2n) is 3.97. The summed E-state index contributed by atoms with van der Waals surface area (Å²) in [6.07, 6.45) is -4.46. The molecule has 21 heavy (non-hydrogen) atoms. The van der Waals surface area contributed by atoms with Crippen molar-refractivity contribution in [3.63, 3.8) is 0 Å². The molecule has 3 N–H and O–H groups in total. The highest BCUT2D eigenvalue weighted by molar-refractivity contribution is 9.10. The van der Waals surface area contributed by atoms with Crippen molar-refractivity contribution in [2.24, 2.45) is 0 Å². The Morgan fingerprint density at radius 1 is 1.24 bits per heavy atom. The van der Waals surface area contributed by atoms with Crippen molar-refractivity contribution in [2.75, 3.05) is 18.2 Å². The molecule has 0 fully saturated rings. The van der Waals surface area contributed by atoms with Gasteiger partial charge in [-0.2, -0.15) is 23.1 Å². The number of ether oxygens (including phenoxy) is 1. The molecule has 1 heterocycles. The summed E-state index contributed by atoms with van der Waals surface area (Å²) in [6, 6.07) is 5.16. The van der Waals surface area contributed by atoms with Gasteiger partial charge in [-0.1, -0.05) is 15.9 Å². The predicted octanol–water partition coefficient (Wildman–Crippen LogP) is 3.59. The molecular formula is C12H10BrF3N4O. The molecule has 0 atom stereocenters. The third kappa shape index (κ3) is 3.75. The zero-order valence-corrected chi connectivity index (χ0v) is 12.3. The van der Waals surface area contributed by atoms with Gasteiger partial charge in [-0.15, -0.1) is 0 Å². The Labute approximate surface area is 126 Å². The molecule has 0 unspecified atom stereocenters. The molecular weight excluding hydrogens is 353 g/mol. The number of hydrogen-bond acceptors (Lipinski definition) is 5. The number of rotatable bonds is 3. The van der Waals surface area contributed by atoms with Crippen LogP contribution >= 0.6 is 15.9 Å². The third-order valence-corrected chi connectivity index (χ3v) is 3.16. The minimum atomic E-state index is -4.46. The summed E-state index contributed by atoms with van der Waals surface area (Å²) in [5.74, 6) is 0.387. The maximum Gasteiger partial charge on any atom is 0.417 e. The van der Waals surface area contributed by atoms with Crippen LogP contribution in [0.3, 0.4) is 0 Å². The van der Waals surface area contributed by atoms with Crippen molar-refractivity contribution in [3.8, 4) is 5.88 Å². The van der Waals surface area contributed by atoms with E-state index in [1.54, 1.807) is 0 Å². The molecule has 0 radical (unpaired) electrons. The monoisotopic (exact) mass is 362 g/mol. The average Bonchev–Trinajstić information content (AvgIpc) is 2.39. The van der Waals surface area contributed by atoms with Gasteiger partial charge in [0, 0.05) is 16.2 Å². The lowest BCUT2D eigenvalue weighted by Gasteiger charge is -2.12. The van der Waals surface area contributed by atoms with Crippen LogP contribution in [-0.2, 0) is 6.18 Å². The summed E-state index contributed by atoms with van der Waals surface area (Å²) >= 11 is 2.87. The van der Waals surface area contributed by atoms with Gasteiger partial charge >= 0.3 is 6.18 Å². The number of benzene rings is 1. The van der Waals surface area contributed by atoms with Gasteiger partial charge in [0.2, 0.25) is 11.8 Å². The molecule has 0 aliphatic carbocycles. The molecule has 2 rings (SSSR count). The van der Waals surface area contributed by atoms with Gasteiger partial charge in [0.15, 0.2) is 0 Å². The SMILES string of the molecule is COc1cc(Nc2ccc(Br)c(C(F)(F)F)c2)nc(N)n1. The molecule has 0 bridgehead atoms. The average molecular weight is 363 g/mol. The first-order valence-corrected chi connectivity index (χ1v) is 6.41. The number of nitrogens with zero attached hydrogens (tertiary/aromatic N) is 2. The van der Waals surface area contributed by atoms with Gasteiger partial charge in [0.05, 0.1) is 12.7 Å². The Morgan fingerprint density at radius 2 is 1.95 bits per heavy atom. The molecule has 9 heteroatoms. The lowest BCUT2D eigenvalue weighted by Crippen LogP contribution is -2.07. The van der Waals surface area contributed by atoms with Crippen LogP contribution in [0.25, 0.3) is 0 Å². The standard InChI is InChI=1S/C12H10BrF3N4O/c1-21-10-5-9(19-11(17)20-10)18-6-2-3-8(13)7(4-6)12(14,15)16/h2-5H,1H3,(H3,17,18,19,20). The summed E-state index contributed by atoms with van der Waals surface area (Å²) in [6.45, 7) is 0. The van der Waals surface area contributed by atoms with Crippen LogP contribution in [0.15, 0.2) is 28.7 Å². The first-order valence-electron chi connectivity index (χ1n) is 5.62. The summed E-state index contributed by atoms with van der Waals surface area (Å²) < 4.78 is 43.4. The fourth-order valence-corrected chi connectivity index (χ4v) is 2.05. The van der Waals surface area contributed by atoms with Crippen molar-refractivity contribution in [1.82, 2.24) is 9.97 Å². The van der Waals surface area contributed by atoms with E-state index in [4.69, 9.17) is 10.5 Å². The summed E-state index contributed by atoms with van der Waals surface area (Å²) in [7, 11) is 1.40. The van der Waals surface area contributed by atoms with E-state index in [-0.39, 0.29) is 27.8 Å². The van der Waals surface area contributed by atoms with Gasteiger partial charge in [-0.3, -0.25) is 0 Å². The van der Waals surface area contributed by atoms with Crippen molar-refractivity contribution in [3.05, 3.63) is 34.3 Å². The number of methoxy groups -OCH3 is 1. The van der Waals surface area contributed by atoms with Crippen LogP contribution in [0.2, 0.25) is 0 Å². The number of aromatic nitrogens is 2. The lowest BCUT2D eigenvalue weighted by atomic mass is 10.2. The normalized spacial score (nSPS) is 11.3. The summed E-state index contributed by atoms with van der Waals surface area (Å²) in [4.78, 5) is 7.66. The number of nitrogen functional groups attached to an aromatic ring is 1. The topological polar surface area (TPSA) is 73.1 Å². The van der Waals surface area contributed by atoms with Gasteiger partial charge in [0.1, 0.15) is 5.82 Å². The Hall–Kier alpha value is -2.03. The number of hydrogen-bond donors (Lipinski definition) is 2. The van der Waals surface area contributed by atoms with Crippen LogP contribution < -0.4 is 15.8 Å². The Balaban J connectivity index is 2.34. The highest BCUT2D eigenvalue weighted by atomic mass is 79.9. The maximum atomic E-state index is 12.8. The number of nitrogens with one attached hydrogen (secondary N) is 1. The molecule has 5 nitrogen and oxygen atoms in total. The van der Waals surface area contributed by atoms with Crippen molar-refractivity contribution < 1.29 is 17.9 Å². The van der Waals surface area contributed by atoms with Crippen molar-refractivity contribution in [1.29, 1.82) is 0 Å². The van der Waals surface area contributed by atoms with Crippen LogP contribution in [0.4, 0.5) is 30.6 Å². The number of anilines is 3. The number of halogens is 4. The molecule has 1 aromatic heterocycles. The predicted molar refractivity (Wildman–Crippen MR) is 75.4 cm³/mol. The molecule has 0 saturated heterocycles. The van der Waals surface area contributed by atoms with Gasteiger partial charge < -0.3 is 15.8 Å². The van der Waals surface area contributed by atoms with Crippen molar-refractivity contribution in [2.45, 2.75) is 6.18 Å². The summed E-state index contributed by atoms with van der Waals surface area (Å²) in [5, 5.41) is 2.73.